The Morgan fingerprint density at radius 1 is 0.971 bits per heavy atom. The Morgan fingerprint density at radius 3 is 2.26 bits per heavy atom. The van der Waals surface area contributed by atoms with Gasteiger partial charge in [-0.15, -0.1) is 0 Å². The van der Waals surface area contributed by atoms with Gasteiger partial charge in [0.05, 0.1) is 30.5 Å². The highest BCUT2D eigenvalue weighted by Crippen LogP contribution is 2.32. The van der Waals surface area contributed by atoms with E-state index in [9.17, 15) is 18.3 Å². The Hall–Kier alpha value is -4.05. The Morgan fingerprint density at radius 2 is 1.62 bits per heavy atom. The topological polar surface area (TPSA) is 118 Å². The van der Waals surface area contributed by atoms with Crippen molar-refractivity contribution >= 4 is 27.3 Å². The molecule has 0 unspecified atom stereocenters. The third-order valence-corrected chi connectivity index (χ3v) is 6.69. The van der Waals surface area contributed by atoms with Crippen molar-refractivity contribution in [2.24, 2.45) is 5.10 Å². The molecule has 34 heavy (non-hydrogen) atoms. The molecule has 0 aliphatic carbocycles. The predicted molar refractivity (Wildman–Crippen MR) is 129 cm³/mol. The second-order valence-electron chi connectivity index (χ2n) is 7.11. The van der Waals surface area contributed by atoms with Crippen LogP contribution in [0.2, 0.25) is 0 Å². The fraction of sp³-hybridized carbons (Fsp3) is 0.167. The minimum absolute atomic E-state index is 0.0138. The zero-order valence-electron chi connectivity index (χ0n) is 18.9. The number of amides is 1. The maximum Gasteiger partial charge on any atom is 0.264 e. The number of carbonyl (C=O) groups is 1. The monoisotopic (exact) mass is 483 g/mol. The van der Waals surface area contributed by atoms with Gasteiger partial charge in [-0.05, 0) is 43.3 Å². The number of anilines is 1. The van der Waals surface area contributed by atoms with E-state index in [-0.39, 0.29) is 16.4 Å². The van der Waals surface area contributed by atoms with Crippen molar-refractivity contribution in [1.82, 2.24) is 5.43 Å². The van der Waals surface area contributed by atoms with Crippen molar-refractivity contribution in [2.75, 3.05) is 25.1 Å². The Bertz CT molecular complexity index is 1290. The summed E-state index contributed by atoms with van der Waals surface area (Å²) >= 11 is 0. The van der Waals surface area contributed by atoms with Gasteiger partial charge in [0.15, 0.2) is 11.5 Å². The van der Waals surface area contributed by atoms with E-state index in [0.717, 1.165) is 4.31 Å². The van der Waals surface area contributed by atoms with Crippen LogP contribution in [0, 0.1) is 0 Å². The van der Waals surface area contributed by atoms with E-state index in [0.29, 0.717) is 22.7 Å². The average Bonchev–Trinajstić information content (AvgIpc) is 2.86. The summed E-state index contributed by atoms with van der Waals surface area (Å²) in [6.45, 7) is 1.09. The standard InChI is InChI=1S/C24H25N3O6S/c1-17(20-11-7-8-12-21(20)28)25-26-24(29)16-27(18-9-5-4-6-10-18)34(30,31)19-13-14-22(32-2)23(15-19)33-3/h4-15,28H,16H2,1-3H3,(H,26,29)/b25-17-. The second kappa shape index (κ2) is 10.7. The lowest BCUT2D eigenvalue weighted by Gasteiger charge is -2.24. The molecule has 9 nitrogen and oxygen atoms in total. The molecule has 1 amide bonds. The van der Waals surface area contributed by atoms with Gasteiger partial charge < -0.3 is 14.6 Å². The van der Waals surface area contributed by atoms with Crippen LogP contribution in [0.25, 0.3) is 0 Å². The number of aromatic hydroxyl groups is 1. The number of hydrazone groups is 1. The van der Waals surface area contributed by atoms with Crippen LogP contribution in [-0.2, 0) is 14.8 Å². The zero-order chi connectivity index (χ0) is 24.7. The van der Waals surface area contributed by atoms with E-state index in [4.69, 9.17) is 9.47 Å². The fourth-order valence-corrected chi connectivity index (χ4v) is 4.60. The normalized spacial score (nSPS) is 11.6. The third kappa shape index (κ3) is 5.46. The molecular weight excluding hydrogens is 458 g/mol. The molecule has 2 N–H and O–H groups in total. The highest BCUT2D eigenvalue weighted by Gasteiger charge is 2.28. The van der Waals surface area contributed by atoms with Crippen molar-refractivity contribution in [3.8, 4) is 17.2 Å². The second-order valence-corrected chi connectivity index (χ2v) is 8.98. The van der Waals surface area contributed by atoms with E-state index in [1.165, 1.54) is 38.5 Å². The first-order chi connectivity index (χ1) is 16.3. The van der Waals surface area contributed by atoms with Gasteiger partial charge in [0, 0.05) is 11.6 Å². The van der Waals surface area contributed by atoms with Crippen LogP contribution in [0.4, 0.5) is 5.69 Å². The minimum Gasteiger partial charge on any atom is -0.507 e. The molecule has 178 valence electrons. The van der Waals surface area contributed by atoms with Gasteiger partial charge >= 0.3 is 0 Å². The number of para-hydroxylation sites is 2. The Balaban J connectivity index is 1.91. The summed E-state index contributed by atoms with van der Waals surface area (Å²) in [6.07, 6.45) is 0. The van der Waals surface area contributed by atoms with Crippen LogP contribution in [0.5, 0.6) is 17.2 Å². The van der Waals surface area contributed by atoms with Crippen LogP contribution in [0.1, 0.15) is 12.5 Å². The Labute approximate surface area is 198 Å². The van der Waals surface area contributed by atoms with Crippen LogP contribution in [-0.4, -0.2) is 45.9 Å². The molecule has 0 spiro atoms. The van der Waals surface area contributed by atoms with E-state index < -0.39 is 22.5 Å². The summed E-state index contributed by atoms with van der Waals surface area (Å²) in [5.74, 6) is -0.0361. The quantitative estimate of drug-likeness (QED) is 0.357. The molecule has 0 aliphatic rings. The smallest absolute Gasteiger partial charge is 0.264 e. The maximum atomic E-state index is 13.5. The first-order valence-corrected chi connectivity index (χ1v) is 11.6. The van der Waals surface area contributed by atoms with Crippen LogP contribution >= 0.6 is 0 Å². The third-order valence-electron chi connectivity index (χ3n) is 4.92. The largest absolute Gasteiger partial charge is 0.507 e. The van der Waals surface area contributed by atoms with Gasteiger partial charge in [0.1, 0.15) is 12.3 Å². The number of nitrogens with one attached hydrogen (secondary N) is 1. The molecule has 0 fully saturated rings. The molecule has 3 aromatic rings. The molecule has 0 bridgehead atoms. The highest BCUT2D eigenvalue weighted by molar-refractivity contribution is 7.92. The van der Waals surface area contributed by atoms with E-state index in [1.807, 2.05) is 0 Å². The Kier molecular flexibility index (Phi) is 7.75. The lowest BCUT2D eigenvalue weighted by Crippen LogP contribution is -2.39. The van der Waals surface area contributed by atoms with Gasteiger partial charge in [0.2, 0.25) is 0 Å². The molecule has 3 aromatic carbocycles. The fourth-order valence-electron chi connectivity index (χ4n) is 3.17. The van der Waals surface area contributed by atoms with Gasteiger partial charge in [-0.1, -0.05) is 30.3 Å². The number of sulfonamides is 1. The lowest BCUT2D eigenvalue weighted by atomic mass is 10.1. The van der Waals surface area contributed by atoms with Crippen LogP contribution in [0.3, 0.4) is 0 Å². The number of hydrogen-bond donors (Lipinski definition) is 2. The van der Waals surface area contributed by atoms with Crippen molar-refractivity contribution in [3.05, 3.63) is 78.4 Å². The molecule has 3 rings (SSSR count). The number of carbonyl (C=O) groups excluding carboxylic acids is 1. The number of rotatable bonds is 9. The number of hydrogen-bond acceptors (Lipinski definition) is 7. The summed E-state index contributed by atoms with van der Waals surface area (Å²) in [6, 6.07) is 19.0. The van der Waals surface area contributed by atoms with Gasteiger partial charge in [-0.2, -0.15) is 5.10 Å². The van der Waals surface area contributed by atoms with Gasteiger partial charge in [-0.25, -0.2) is 13.8 Å². The molecular formula is C24H25N3O6S. The van der Waals surface area contributed by atoms with Gasteiger partial charge in [0.25, 0.3) is 15.9 Å². The summed E-state index contributed by atoms with van der Waals surface area (Å²) in [4.78, 5) is 12.6. The number of nitrogens with zero attached hydrogens (tertiary/aromatic N) is 2. The SMILES string of the molecule is COc1ccc(S(=O)(=O)N(CC(=O)N/N=C(/C)c2ccccc2O)c2ccccc2)cc1OC. The maximum absolute atomic E-state index is 13.5. The molecule has 0 saturated carbocycles. The molecule has 0 radical (unpaired) electrons. The van der Waals surface area contributed by atoms with E-state index in [2.05, 4.69) is 10.5 Å². The molecule has 10 heteroatoms. The number of phenolic OH excluding ortho intramolecular Hbond substituents is 1. The van der Waals surface area contributed by atoms with Crippen molar-refractivity contribution in [1.29, 1.82) is 0 Å². The molecule has 0 heterocycles. The molecule has 0 atom stereocenters. The number of ether oxygens (including phenoxy) is 2. The van der Waals surface area contributed by atoms with E-state index >= 15 is 0 Å². The van der Waals surface area contributed by atoms with Crippen LogP contribution in [0.15, 0.2) is 82.8 Å². The average molecular weight is 484 g/mol. The van der Waals surface area contributed by atoms with Crippen molar-refractivity contribution < 1.29 is 27.8 Å². The van der Waals surface area contributed by atoms with Gasteiger partial charge in [-0.3, -0.25) is 9.10 Å². The van der Waals surface area contributed by atoms with Crippen molar-refractivity contribution in [3.63, 3.8) is 0 Å². The number of methoxy groups -OCH3 is 2. The van der Waals surface area contributed by atoms with E-state index in [1.54, 1.807) is 55.5 Å². The summed E-state index contributed by atoms with van der Waals surface area (Å²) in [7, 11) is -1.30. The first-order valence-electron chi connectivity index (χ1n) is 10.2. The number of phenols is 1. The zero-order valence-corrected chi connectivity index (χ0v) is 19.7. The minimum atomic E-state index is -4.16. The van der Waals surface area contributed by atoms with Crippen molar-refractivity contribution in [2.45, 2.75) is 11.8 Å². The number of benzene rings is 3. The summed E-state index contributed by atoms with van der Waals surface area (Å²) in [5, 5.41) is 14.0. The highest BCUT2D eigenvalue weighted by atomic mass is 32.2. The summed E-state index contributed by atoms with van der Waals surface area (Å²) in [5.41, 5.74) is 3.47. The lowest BCUT2D eigenvalue weighted by molar-refractivity contribution is -0.119. The van der Waals surface area contributed by atoms with Crippen LogP contribution < -0.4 is 19.2 Å². The molecule has 0 aromatic heterocycles. The first kappa shape index (κ1) is 24.6. The summed E-state index contributed by atoms with van der Waals surface area (Å²) < 4.78 is 38.4. The molecule has 0 saturated heterocycles. The molecule has 0 aliphatic heterocycles. The predicted octanol–water partition coefficient (Wildman–Crippen LogP) is 3.15.